The van der Waals surface area contributed by atoms with E-state index in [1.807, 2.05) is 0 Å². The molecule has 3 saturated carbocycles. The molecule has 2 nitrogen and oxygen atoms in total. The van der Waals surface area contributed by atoms with Gasteiger partial charge in [-0.3, -0.25) is 4.79 Å². The monoisotopic (exact) mass is 498 g/mol. The SMILES string of the molecule is C=CCCc1c(F)cc(OC(=O)C2CCCC3CC(C4CCC(CC/C=C/C)CC4)CCC32)cc1F. The fourth-order valence-corrected chi connectivity index (χ4v) is 7.48. The highest BCUT2D eigenvalue weighted by atomic mass is 19.1. The van der Waals surface area contributed by atoms with Crippen molar-refractivity contribution in [1.82, 2.24) is 0 Å². The summed E-state index contributed by atoms with van der Waals surface area (Å²) in [4.78, 5) is 13.1. The van der Waals surface area contributed by atoms with Crippen LogP contribution in [0.2, 0.25) is 0 Å². The normalized spacial score (nSPS) is 30.6. The number of carbonyl (C=O) groups excluding carboxylic acids is 1. The lowest BCUT2D eigenvalue weighted by Gasteiger charge is -2.46. The number of hydrogen-bond donors (Lipinski definition) is 0. The van der Waals surface area contributed by atoms with E-state index in [1.165, 1.54) is 57.8 Å². The minimum absolute atomic E-state index is 0.0145. The number of ether oxygens (including phenoxy) is 1. The molecule has 0 bridgehead atoms. The average molecular weight is 499 g/mol. The van der Waals surface area contributed by atoms with E-state index in [9.17, 15) is 13.6 Å². The van der Waals surface area contributed by atoms with Crippen LogP contribution in [0.15, 0.2) is 36.9 Å². The van der Waals surface area contributed by atoms with Crippen molar-refractivity contribution in [2.45, 2.75) is 96.8 Å². The third-order valence-corrected chi connectivity index (χ3v) is 9.46. The van der Waals surface area contributed by atoms with Crippen molar-refractivity contribution in [3.63, 3.8) is 0 Å². The first-order chi connectivity index (χ1) is 17.5. The molecule has 0 radical (unpaired) electrons. The van der Waals surface area contributed by atoms with Crippen molar-refractivity contribution in [2.24, 2.45) is 35.5 Å². The molecular weight excluding hydrogens is 454 g/mol. The molecule has 1 aromatic carbocycles. The number of halogens is 2. The van der Waals surface area contributed by atoms with Gasteiger partial charge in [0.1, 0.15) is 17.4 Å². The standard InChI is InChI=1S/C32H44F2O2/c1-3-5-7-9-22-13-15-23(16-14-22)24-17-18-27-25(19-24)10-8-12-28(27)32(35)36-26-20-30(33)29(11-6-4-2)31(34)21-26/h3-5,20-25,27-28H,2,6-19H2,1H3/b5-3+. The van der Waals surface area contributed by atoms with E-state index < -0.39 is 11.6 Å². The summed E-state index contributed by atoms with van der Waals surface area (Å²) in [6, 6.07) is 2.32. The highest BCUT2D eigenvalue weighted by Gasteiger charge is 2.43. The van der Waals surface area contributed by atoms with Gasteiger partial charge in [0.25, 0.3) is 0 Å². The fourth-order valence-electron chi connectivity index (χ4n) is 7.48. The third kappa shape index (κ3) is 6.66. The van der Waals surface area contributed by atoms with Gasteiger partial charge in [0, 0.05) is 17.7 Å². The largest absolute Gasteiger partial charge is 0.426 e. The van der Waals surface area contributed by atoms with Crippen LogP contribution in [0.3, 0.4) is 0 Å². The van der Waals surface area contributed by atoms with Crippen molar-refractivity contribution < 1.29 is 18.3 Å². The smallest absolute Gasteiger partial charge is 0.314 e. The molecule has 3 fully saturated rings. The van der Waals surface area contributed by atoms with E-state index in [2.05, 4.69) is 25.7 Å². The van der Waals surface area contributed by atoms with Crippen molar-refractivity contribution in [3.8, 4) is 5.75 Å². The lowest BCUT2D eigenvalue weighted by molar-refractivity contribution is -0.144. The van der Waals surface area contributed by atoms with E-state index in [0.29, 0.717) is 18.3 Å². The second-order valence-corrected chi connectivity index (χ2v) is 11.6. The maximum Gasteiger partial charge on any atom is 0.314 e. The molecule has 0 saturated heterocycles. The van der Waals surface area contributed by atoms with E-state index in [1.54, 1.807) is 6.08 Å². The van der Waals surface area contributed by atoms with Crippen molar-refractivity contribution in [3.05, 3.63) is 54.1 Å². The number of allylic oxidation sites excluding steroid dienone is 3. The van der Waals surface area contributed by atoms with Crippen molar-refractivity contribution in [1.29, 1.82) is 0 Å². The number of fused-ring (bicyclic) bond motifs is 1. The van der Waals surface area contributed by atoms with Gasteiger partial charge < -0.3 is 4.74 Å². The summed E-state index contributed by atoms with van der Waals surface area (Å²) < 4.78 is 34.5. The molecular formula is C32H44F2O2. The fraction of sp³-hybridized carbons (Fsp3) is 0.656. The maximum atomic E-state index is 14.4. The zero-order valence-electron chi connectivity index (χ0n) is 22.0. The van der Waals surface area contributed by atoms with E-state index in [4.69, 9.17) is 4.74 Å². The van der Waals surface area contributed by atoms with Crippen LogP contribution >= 0.6 is 0 Å². The second kappa shape index (κ2) is 13.0. The Bertz CT molecular complexity index is 892. The summed E-state index contributed by atoms with van der Waals surface area (Å²) in [6.45, 7) is 5.71. The quantitative estimate of drug-likeness (QED) is 0.193. The van der Waals surface area contributed by atoms with Crippen LogP contribution in [0.1, 0.15) is 96.0 Å². The molecule has 198 valence electrons. The molecule has 0 aromatic heterocycles. The Morgan fingerprint density at radius 1 is 0.972 bits per heavy atom. The third-order valence-electron chi connectivity index (χ3n) is 9.46. The molecule has 0 aliphatic heterocycles. The van der Waals surface area contributed by atoms with Gasteiger partial charge >= 0.3 is 5.97 Å². The zero-order chi connectivity index (χ0) is 25.5. The lowest BCUT2D eigenvalue weighted by atomic mass is 9.59. The first kappa shape index (κ1) is 27.1. The molecule has 4 rings (SSSR count). The molecule has 4 heteroatoms. The molecule has 0 spiro atoms. The molecule has 3 aliphatic rings. The maximum absolute atomic E-state index is 14.4. The van der Waals surface area contributed by atoms with Crippen LogP contribution in [0.5, 0.6) is 5.75 Å². The van der Waals surface area contributed by atoms with Gasteiger partial charge in [0.15, 0.2) is 0 Å². The Labute approximate surface area is 216 Å². The molecule has 4 atom stereocenters. The number of benzene rings is 1. The second-order valence-electron chi connectivity index (χ2n) is 11.6. The van der Waals surface area contributed by atoms with Gasteiger partial charge in [0.05, 0.1) is 5.92 Å². The van der Waals surface area contributed by atoms with E-state index >= 15 is 0 Å². The van der Waals surface area contributed by atoms with Gasteiger partial charge in [0.2, 0.25) is 0 Å². The Morgan fingerprint density at radius 3 is 2.39 bits per heavy atom. The van der Waals surface area contributed by atoms with Gasteiger partial charge in [-0.05, 0) is 101 Å². The van der Waals surface area contributed by atoms with Crippen LogP contribution in [0.25, 0.3) is 0 Å². The molecule has 0 N–H and O–H groups in total. The minimum Gasteiger partial charge on any atom is -0.426 e. The zero-order valence-corrected chi connectivity index (χ0v) is 22.0. The first-order valence-corrected chi connectivity index (χ1v) is 14.4. The van der Waals surface area contributed by atoms with Crippen LogP contribution < -0.4 is 4.74 Å². The molecule has 36 heavy (non-hydrogen) atoms. The molecule has 4 unspecified atom stereocenters. The van der Waals surface area contributed by atoms with Gasteiger partial charge in [-0.15, -0.1) is 6.58 Å². The number of hydrogen-bond acceptors (Lipinski definition) is 2. The van der Waals surface area contributed by atoms with Crippen LogP contribution in [0.4, 0.5) is 8.78 Å². The summed E-state index contributed by atoms with van der Waals surface area (Å²) in [7, 11) is 0. The van der Waals surface area contributed by atoms with E-state index in [-0.39, 0.29) is 29.6 Å². The predicted molar refractivity (Wildman–Crippen MR) is 142 cm³/mol. The predicted octanol–water partition coefficient (Wildman–Crippen LogP) is 8.98. The number of esters is 1. The van der Waals surface area contributed by atoms with Crippen LogP contribution in [-0.4, -0.2) is 5.97 Å². The Morgan fingerprint density at radius 2 is 1.69 bits per heavy atom. The van der Waals surface area contributed by atoms with E-state index in [0.717, 1.165) is 49.1 Å². The summed E-state index contributed by atoms with van der Waals surface area (Å²) in [5.41, 5.74) is 0.0255. The lowest BCUT2D eigenvalue weighted by Crippen LogP contribution is -2.40. The Kier molecular flexibility index (Phi) is 9.79. The first-order valence-electron chi connectivity index (χ1n) is 14.4. The van der Waals surface area contributed by atoms with Gasteiger partial charge in [-0.1, -0.05) is 43.9 Å². The van der Waals surface area contributed by atoms with Gasteiger partial charge in [-0.2, -0.15) is 0 Å². The van der Waals surface area contributed by atoms with Crippen molar-refractivity contribution >= 4 is 5.97 Å². The van der Waals surface area contributed by atoms with Crippen molar-refractivity contribution in [2.75, 3.05) is 0 Å². The highest BCUT2D eigenvalue weighted by Crippen LogP contribution is 2.50. The molecule has 0 amide bonds. The van der Waals surface area contributed by atoms with Gasteiger partial charge in [-0.25, -0.2) is 8.78 Å². The molecule has 0 heterocycles. The summed E-state index contributed by atoms with van der Waals surface area (Å²) in [6.07, 6.45) is 21.5. The summed E-state index contributed by atoms with van der Waals surface area (Å²) in [5.74, 6) is 1.69. The molecule has 3 aliphatic carbocycles. The van der Waals surface area contributed by atoms with Crippen LogP contribution in [0, 0.1) is 47.1 Å². The molecule has 1 aromatic rings. The average Bonchev–Trinajstić information content (AvgIpc) is 2.88. The Hall–Kier alpha value is -1.97. The topological polar surface area (TPSA) is 26.3 Å². The summed E-state index contributed by atoms with van der Waals surface area (Å²) in [5, 5.41) is 0. The minimum atomic E-state index is -0.654. The summed E-state index contributed by atoms with van der Waals surface area (Å²) >= 11 is 0. The number of rotatable bonds is 9. The highest BCUT2D eigenvalue weighted by molar-refractivity contribution is 5.75. The Balaban J connectivity index is 1.31. The number of carbonyl (C=O) groups is 1. The van der Waals surface area contributed by atoms with Crippen LogP contribution in [-0.2, 0) is 11.2 Å².